The van der Waals surface area contributed by atoms with Crippen molar-refractivity contribution in [3.05, 3.63) is 69.7 Å². The van der Waals surface area contributed by atoms with Crippen LogP contribution in [-0.2, 0) is 4.79 Å². The number of nitrogens with zero attached hydrogens (tertiary/aromatic N) is 2. The molecule has 1 amide bonds. The number of para-hydroxylation sites is 1. The van der Waals surface area contributed by atoms with Crippen LogP contribution in [0.15, 0.2) is 53.5 Å². The number of anilines is 1. The van der Waals surface area contributed by atoms with Crippen LogP contribution < -0.4 is 10.7 Å². The standard InChI is InChI=1S/C17H13ClFN3O2/c1-10(17(24)21-14-7-6-11(19)8-13(14)18)22-15-5-3-2-4-12(15)16(23)9-20-22/h2-10H,1H3,(H,21,24)/t10-/m0/s1. The van der Waals surface area contributed by atoms with E-state index in [1.54, 1.807) is 31.2 Å². The Bertz CT molecular complexity index is 987. The Hall–Kier alpha value is -2.73. The smallest absolute Gasteiger partial charge is 0.249 e. The number of hydrogen-bond acceptors (Lipinski definition) is 3. The van der Waals surface area contributed by atoms with E-state index in [4.69, 9.17) is 11.6 Å². The van der Waals surface area contributed by atoms with Gasteiger partial charge in [0.25, 0.3) is 0 Å². The van der Waals surface area contributed by atoms with E-state index in [9.17, 15) is 14.0 Å². The molecule has 3 aromatic rings. The summed E-state index contributed by atoms with van der Waals surface area (Å²) in [5, 5.41) is 7.28. The average Bonchev–Trinajstić information content (AvgIpc) is 2.57. The summed E-state index contributed by atoms with van der Waals surface area (Å²) in [6, 6.07) is 9.93. The molecule has 0 fully saturated rings. The molecule has 1 heterocycles. The minimum atomic E-state index is -0.698. The molecule has 5 nitrogen and oxygen atoms in total. The zero-order valence-corrected chi connectivity index (χ0v) is 13.4. The van der Waals surface area contributed by atoms with Gasteiger partial charge >= 0.3 is 0 Å². The number of carbonyl (C=O) groups is 1. The molecule has 3 rings (SSSR count). The number of carbonyl (C=O) groups excluding carboxylic acids is 1. The largest absolute Gasteiger partial charge is 0.323 e. The van der Waals surface area contributed by atoms with Crippen LogP contribution in [-0.4, -0.2) is 15.7 Å². The van der Waals surface area contributed by atoms with Crippen molar-refractivity contribution in [2.45, 2.75) is 13.0 Å². The number of amides is 1. The molecular formula is C17H13ClFN3O2. The summed E-state index contributed by atoms with van der Waals surface area (Å²) in [7, 11) is 0. The van der Waals surface area contributed by atoms with E-state index in [1.165, 1.54) is 23.0 Å². The number of nitrogens with one attached hydrogen (secondary N) is 1. The SMILES string of the molecule is C[C@@H](C(=O)Nc1ccc(F)cc1Cl)n1ncc(=O)c2ccccc21. The van der Waals surface area contributed by atoms with Crippen LogP contribution in [0.25, 0.3) is 10.9 Å². The summed E-state index contributed by atoms with van der Waals surface area (Å²) in [6.45, 7) is 1.65. The highest BCUT2D eigenvalue weighted by Crippen LogP contribution is 2.24. The normalized spacial score (nSPS) is 12.1. The van der Waals surface area contributed by atoms with Crippen molar-refractivity contribution in [3.8, 4) is 0 Å². The number of aromatic nitrogens is 2. The van der Waals surface area contributed by atoms with Crippen molar-refractivity contribution in [2.75, 3.05) is 5.32 Å². The molecule has 1 N–H and O–H groups in total. The third kappa shape index (κ3) is 3.00. The zero-order valence-electron chi connectivity index (χ0n) is 12.7. The Morgan fingerprint density at radius 1 is 1.29 bits per heavy atom. The zero-order chi connectivity index (χ0) is 17.3. The van der Waals surface area contributed by atoms with Crippen molar-refractivity contribution in [2.24, 2.45) is 0 Å². The van der Waals surface area contributed by atoms with Crippen molar-refractivity contribution in [1.29, 1.82) is 0 Å². The second kappa shape index (κ2) is 6.41. The minimum absolute atomic E-state index is 0.105. The van der Waals surface area contributed by atoms with Crippen molar-refractivity contribution >= 4 is 34.1 Å². The van der Waals surface area contributed by atoms with Gasteiger partial charge in [-0.1, -0.05) is 23.7 Å². The van der Waals surface area contributed by atoms with Crippen LogP contribution >= 0.6 is 11.6 Å². The van der Waals surface area contributed by atoms with Gasteiger partial charge < -0.3 is 5.32 Å². The van der Waals surface area contributed by atoms with Crippen LogP contribution in [0.5, 0.6) is 0 Å². The van der Waals surface area contributed by atoms with Gasteiger partial charge in [-0.25, -0.2) is 4.39 Å². The van der Waals surface area contributed by atoms with Gasteiger partial charge in [-0.3, -0.25) is 14.3 Å². The number of halogens is 2. The second-order valence-corrected chi connectivity index (χ2v) is 5.67. The molecule has 0 spiro atoms. The fourth-order valence-corrected chi connectivity index (χ4v) is 2.59. The van der Waals surface area contributed by atoms with Gasteiger partial charge in [0, 0.05) is 5.39 Å². The molecule has 0 bridgehead atoms. The Morgan fingerprint density at radius 2 is 2.04 bits per heavy atom. The first-order chi connectivity index (χ1) is 11.5. The molecule has 0 unspecified atom stereocenters. The van der Waals surface area contributed by atoms with Gasteiger partial charge in [0.2, 0.25) is 11.3 Å². The molecule has 1 atom stereocenters. The van der Waals surface area contributed by atoms with E-state index in [2.05, 4.69) is 10.4 Å². The lowest BCUT2D eigenvalue weighted by Gasteiger charge is -2.17. The first-order valence-electron chi connectivity index (χ1n) is 7.20. The van der Waals surface area contributed by atoms with E-state index in [-0.39, 0.29) is 16.4 Å². The Morgan fingerprint density at radius 3 is 2.79 bits per heavy atom. The van der Waals surface area contributed by atoms with E-state index in [0.29, 0.717) is 16.6 Å². The van der Waals surface area contributed by atoms with Gasteiger partial charge in [-0.05, 0) is 37.3 Å². The molecule has 122 valence electrons. The fourth-order valence-electron chi connectivity index (χ4n) is 2.38. The maximum absolute atomic E-state index is 13.1. The minimum Gasteiger partial charge on any atom is -0.323 e. The molecule has 1 aromatic heterocycles. The Labute approximate surface area is 141 Å². The van der Waals surface area contributed by atoms with E-state index < -0.39 is 11.9 Å². The van der Waals surface area contributed by atoms with Gasteiger partial charge in [-0.15, -0.1) is 0 Å². The molecule has 0 aliphatic rings. The molecule has 0 saturated carbocycles. The van der Waals surface area contributed by atoms with Gasteiger partial charge in [0.15, 0.2) is 0 Å². The molecular weight excluding hydrogens is 333 g/mol. The highest BCUT2D eigenvalue weighted by molar-refractivity contribution is 6.33. The third-order valence-electron chi connectivity index (χ3n) is 3.65. The first kappa shape index (κ1) is 16.1. The third-order valence-corrected chi connectivity index (χ3v) is 3.96. The summed E-state index contributed by atoms with van der Waals surface area (Å²) < 4.78 is 14.5. The molecule has 2 aromatic carbocycles. The van der Waals surface area contributed by atoms with Gasteiger partial charge in [0.1, 0.15) is 11.9 Å². The monoisotopic (exact) mass is 345 g/mol. The summed E-state index contributed by atoms with van der Waals surface area (Å²) in [4.78, 5) is 24.3. The number of rotatable bonds is 3. The van der Waals surface area contributed by atoms with E-state index >= 15 is 0 Å². The van der Waals surface area contributed by atoms with Crippen molar-refractivity contribution in [1.82, 2.24) is 9.78 Å². The van der Waals surface area contributed by atoms with Crippen LogP contribution in [0.2, 0.25) is 5.02 Å². The van der Waals surface area contributed by atoms with Crippen LogP contribution in [0.1, 0.15) is 13.0 Å². The second-order valence-electron chi connectivity index (χ2n) is 5.26. The number of fused-ring (bicyclic) bond motifs is 1. The number of hydrogen-bond donors (Lipinski definition) is 1. The van der Waals surface area contributed by atoms with Gasteiger partial charge in [-0.2, -0.15) is 5.10 Å². The fraction of sp³-hybridized carbons (Fsp3) is 0.118. The molecule has 0 aliphatic heterocycles. The van der Waals surface area contributed by atoms with Crippen LogP contribution in [0, 0.1) is 5.82 Å². The number of benzene rings is 2. The quantitative estimate of drug-likeness (QED) is 0.791. The lowest BCUT2D eigenvalue weighted by atomic mass is 10.2. The van der Waals surface area contributed by atoms with Crippen molar-refractivity contribution < 1.29 is 9.18 Å². The summed E-state index contributed by atoms with van der Waals surface area (Å²) in [5.74, 6) is -0.871. The predicted octanol–water partition coefficient (Wildman–Crippen LogP) is 3.39. The highest BCUT2D eigenvalue weighted by Gasteiger charge is 2.19. The first-order valence-corrected chi connectivity index (χ1v) is 7.57. The average molecular weight is 346 g/mol. The molecule has 24 heavy (non-hydrogen) atoms. The molecule has 0 saturated heterocycles. The van der Waals surface area contributed by atoms with Gasteiger partial charge in [0.05, 0.1) is 22.4 Å². The molecule has 7 heteroatoms. The Kier molecular flexibility index (Phi) is 4.31. The topological polar surface area (TPSA) is 64.0 Å². The molecule has 0 aliphatic carbocycles. The van der Waals surface area contributed by atoms with Crippen LogP contribution in [0.4, 0.5) is 10.1 Å². The molecule has 0 radical (unpaired) electrons. The lowest BCUT2D eigenvalue weighted by molar-refractivity contribution is -0.119. The Balaban J connectivity index is 1.94. The maximum atomic E-state index is 13.1. The summed E-state index contributed by atoms with van der Waals surface area (Å²) >= 11 is 5.92. The van der Waals surface area contributed by atoms with E-state index in [0.717, 1.165) is 6.07 Å². The highest BCUT2D eigenvalue weighted by atomic mass is 35.5. The van der Waals surface area contributed by atoms with Crippen LogP contribution in [0.3, 0.4) is 0 Å². The maximum Gasteiger partial charge on any atom is 0.249 e. The lowest BCUT2D eigenvalue weighted by Crippen LogP contribution is -2.27. The van der Waals surface area contributed by atoms with E-state index in [1.807, 2.05) is 0 Å². The predicted molar refractivity (Wildman–Crippen MR) is 90.8 cm³/mol. The summed E-state index contributed by atoms with van der Waals surface area (Å²) in [5.41, 5.74) is 0.647. The van der Waals surface area contributed by atoms with Crippen molar-refractivity contribution in [3.63, 3.8) is 0 Å². The summed E-state index contributed by atoms with van der Waals surface area (Å²) in [6.07, 6.45) is 1.18.